The quantitative estimate of drug-likeness (QED) is 0.763. The summed E-state index contributed by atoms with van der Waals surface area (Å²) < 4.78 is 0. The van der Waals surface area contributed by atoms with Crippen LogP contribution in [0.5, 0.6) is 0 Å². The molecule has 0 saturated carbocycles. The van der Waals surface area contributed by atoms with Crippen LogP contribution in [0.3, 0.4) is 0 Å². The van der Waals surface area contributed by atoms with Gasteiger partial charge in [0.15, 0.2) is 0 Å². The van der Waals surface area contributed by atoms with Crippen molar-refractivity contribution in [3.8, 4) is 0 Å². The van der Waals surface area contributed by atoms with Crippen molar-refractivity contribution >= 4 is 5.69 Å². The lowest BCUT2D eigenvalue weighted by Crippen LogP contribution is -2.13. The van der Waals surface area contributed by atoms with Crippen LogP contribution < -0.4 is 10.6 Å². The van der Waals surface area contributed by atoms with Crippen molar-refractivity contribution in [3.63, 3.8) is 0 Å². The molecule has 1 atom stereocenters. The van der Waals surface area contributed by atoms with Crippen LogP contribution in [-0.2, 0) is 0 Å². The van der Waals surface area contributed by atoms with E-state index < -0.39 is 0 Å². The van der Waals surface area contributed by atoms with Crippen molar-refractivity contribution in [1.82, 2.24) is 5.32 Å². The summed E-state index contributed by atoms with van der Waals surface area (Å²) in [7, 11) is 2.01. The van der Waals surface area contributed by atoms with E-state index in [1.807, 2.05) is 7.05 Å². The summed E-state index contributed by atoms with van der Waals surface area (Å²) in [6.45, 7) is 4.34. The van der Waals surface area contributed by atoms with Crippen molar-refractivity contribution in [2.24, 2.45) is 0 Å². The van der Waals surface area contributed by atoms with E-state index in [2.05, 4.69) is 35.8 Å². The second-order valence-corrected chi connectivity index (χ2v) is 4.06. The predicted octanol–water partition coefficient (Wildman–Crippen LogP) is 2.11. The Bertz CT molecular complexity index is 320. The molecule has 0 spiro atoms. The fourth-order valence-corrected chi connectivity index (χ4v) is 2.10. The fourth-order valence-electron chi connectivity index (χ4n) is 2.10. The van der Waals surface area contributed by atoms with Crippen LogP contribution >= 0.6 is 0 Å². The minimum Gasteiger partial charge on any atom is -0.384 e. The highest BCUT2D eigenvalue weighted by molar-refractivity contribution is 5.59. The Hall–Kier alpha value is -1.02. The van der Waals surface area contributed by atoms with E-state index in [-0.39, 0.29) is 0 Å². The molecule has 14 heavy (non-hydrogen) atoms. The summed E-state index contributed by atoms with van der Waals surface area (Å²) in [5.41, 5.74) is 4.17. The zero-order valence-corrected chi connectivity index (χ0v) is 8.93. The molecule has 0 amide bonds. The third kappa shape index (κ3) is 1.75. The number of aryl methyl sites for hydroxylation is 1. The van der Waals surface area contributed by atoms with Crippen molar-refractivity contribution < 1.29 is 0 Å². The van der Waals surface area contributed by atoms with Gasteiger partial charge < -0.3 is 10.6 Å². The molecule has 1 aromatic carbocycles. The molecule has 2 heteroatoms. The number of fused-ring (bicyclic) bond motifs is 1. The van der Waals surface area contributed by atoms with Crippen LogP contribution in [0, 0.1) is 6.92 Å². The Morgan fingerprint density at radius 3 is 3.14 bits per heavy atom. The van der Waals surface area contributed by atoms with E-state index in [9.17, 15) is 0 Å². The third-order valence-electron chi connectivity index (χ3n) is 2.93. The maximum atomic E-state index is 3.47. The third-order valence-corrected chi connectivity index (χ3v) is 2.93. The van der Waals surface area contributed by atoms with Gasteiger partial charge in [-0.15, -0.1) is 0 Å². The molecule has 2 nitrogen and oxygen atoms in total. The second-order valence-electron chi connectivity index (χ2n) is 4.06. The zero-order valence-electron chi connectivity index (χ0n) is 8.93. The van der Waals surface area contributed by atoms with Crippen LogP contribution in [0.25, 0.3) is 0 Å². The summed E-state index contributed by atoms with van der Waals surface area (Å²) in [6, 6.07) is 6.72. The van der Waals surface area contributed by atoms with Crippen molar-refractivity contribution in [1.29, 1.82) is 0 Å². The molecule has 0 radical (unpaired) electrons. The molecule has 0 saturated heterocycles. The van der Waals surface area contributed by atoms with Crippen LogP contribution in [-0.4, -0.2) is 20.1 Å². The molecule has 1 aliphatic rings. The molecule has 0 fully saturated rings. The summed E-state index contributed by atoms with van der Waals surface area (Å²) in [5, 5.41) is 6.68. The Balaban J connectivity index is 2.14. The first-order valence-electron chi connectivity index (χ1n) is 5.30. The van der Waals surface area contributed by atoms with Gasteiger partial charge in [0.05, 0.1) is 0 Å². The van der Waals surface area contributed by atoms with Crippen molar-refractivity contribution in [3.05, 3.63) is 29.3 Å². The molecule has 0 bridgehead atoms. The van der Waals surface area contributed by atoms with Gasteiger partial charge >= 0.3 is 0 Å². The molecule has 0 aromatic heterocycles. The van der Waals surface area contributed by atoms with E-state index in [0.717, 1.165) is 13.1 Å². The summed E-state index contributed by atoms with van der Waals surface area (Å²) >= 11 is 0. The summed E-state index contributed by atoms with van der Waals surface area (Å²) in [4.78, 5) is 0. The SMILES string of the molecule is CNCCC1CNc2cc(C)ccc21. The molecule has 1 aliphatic heterocycles. The van der Waals surface area contributed by atoms with E-state index in [4.69, 9.17) is 0 Å². The van der Waals surface area contributed by atoms with E-state index in [1.54, 1.807) is 0 Å². The molecular weight excluding hydrogens is 172 g/mol. The predicted molar refractivity (Wildman–Crippen MR) is 61.0 cm³/mol. The lowest BCUT2D eigenvalue weighted by atomic mass is 9.97. The monoisotopic (exact) mass is 190 g/mol. The Kier molecular flexibility index (Phi) is 2.73. The first-order chi connectivity index (χ1) is 6.81. The molecule has 1 aromatic rings. The molecule has 1 heterocycles. The lowest BCUT2D eigenvalue weighted by Gasteiger charge is -2.09. The van der Waals surface area contributed by atoms with E-state index >= 15 is 0 Å². The van der Waals surface area contributed by atoms with Gasteiger partial charge in [0, 0.05) is 18.2 Å². The number of hydrogen-bond donors (Lipinski definition) is 2. The Morgan fingerprint density at radius 2 is 2.36 bits per heavy atom. The summed E-state index contributed by atoms with van der Waals surface area (Å²) in [6.07, 6.45) is 1.22. The topological polar surface area (TPSA) is 24.1 Å². The zero-order chi connectivity index (χ0) is 9.97. The van der Waals surface area contributed by atoms with Crippen LogP contribution in [0.1, 0.15) is 23.5 Å². The highest BCUT2D eigenvalue weighted by Gasteiger charge is 2.20. The van der Waals surface area contributed by atoms with Crippen LogP contribution in [0.4, 0.5) is 5.69 Å². The molecule has 0 aliphatic carbocycles. The number of nitrogens with one attached hydrogen (secondary N) is 2. The maximum Gasteiger partial charge on any atom is 0.0379 e. The average Bonchev–Trinajstić information content (AvgIpc) is 2.57. The standard InChI is InChI=1S/C12H18N2/c1-9-3-4-11-10(5-6-13-2)8-14-12(11)7-9/h3-4,7,10,13-14H,5-6,8H2,1-2H3. The van der Waals surface area contributed by atoms with E-state index in [1.165, 1.54) is 23.2 Å². The van der Waals surface area contributed by atoms with Gasteiger partial charge in [0.2, 0.25) is 0 Å². The van der Waals surface area contributed by atoms with Crippen molar-refractivity contribution in [2.75, 3.05) is 25.5 Å². The molecular formula is C12H18N2. The molecule has 76 valence electrons. The fraction of sp³-hybridized carbons (Fsp3) is 0.500. The number of rotatable bonds is 3. The number of anilines is 1. The maximum absolute atomic E-state index is 3.47. The first-order valence-corrected chi connectivity index (χ1v) is 5.30. The Labute approximate surface area is 85.7 Å². The lowest BCUT2D eigenvalue weighted by molar-refractivity contribution is 0.634. The van der Waals surface area contributed by atoms with Crippen LogP contribution in [0.15, 0.2) is 18.2 Å². The van der Waals surface area contributed by atoms with Gasteiger partial charge in [0.25, 0.3) is 0 Å². The second kappa shape index (κ2) is 4.01. The van der Waals surface area contributed by atoms with Gasteiger partial charge in [-0.25, -0.2) is 0 Å². The highest BCUT2D eigenvalue weighted by Crippen LogP contribution is 2.33. The van der Waals surface area contributed by atoms with Gasteiger partial charge in [-0.3, -0.25) is 0 Å². The van der Waals surface area contributed by atoms with Gasteiger partial charge in [-0.2, -0.15) is 0 Å². The minimum absolute atomic E-state index is 0.693. The highest BCUT2D eigenvalue weighted by atomic mass is 14.9. The van der Waals surface area contributed by atoms with Crippen molar-refractivity contribution in [2.45, 2.75) is 19.3 Å². The Morgan fingerprint density at radius 1 is 1.50 bits per heavy atom. The van der Waals surface area contributed by atoms with Gasteiger partial charge in [0.1, 0.15) is 0 Å². The smallest absolute Gasteiger partial charge is 0.0379 e. The number of benzene rings is 1. The average molecular weight is 190 g/mol. The summed E-state index contributed by atoms with van der Waals surface area (Å²) in [5.74, 6) is 0.693. The normalized spacial score (nSPS) is 19.1. The minimum atomic E-state index is 0.693. The largest absolute Gasteiger partial charge is 0.384 e. The van der Waals surface area contributed by atoms with Gasteiger partial charge in [-0.1, -0.05) is 12.1 Å². The van der Waals surface area contributed by atoms with Gasteiger partial charge in [-0.05, 0) is 44.1 Å². The molecule has 1 unspecified atom stereocenters. The van der Waals surface area contributed by atoms with Crippen LogP contribution in [0.2, 0.25) is 0 Å². The van der Waals surface area contributed by atoms with E-state index in [0.29, 0.717) is 5.92 Å². The molecule has 2 N–H and O–H groups in total. The number of hydrogen-bond acceptors (Lipinski definition) is 2. The first kappa shape index (κ1) is 9.53. The molecule has 2 rings (SSSR count).